The minimum absolute atomic E-state index is 0.0406. The summed E-state index contributed by atoms with van der Waals surface area (Å²) < 4.78 is 22.5. The third kappa shape index (κ3) is 4.09. The topological polar surface area (TPSA) is 69.4 Å². The number of halogens is 2. The van der Waals surface area contributed by atoms with Crippen LogP contribution < -0.4 is 0 Å². The normalized spacial score (nSPS) is 15.6. The fourth-order valence-electron chi connectivity index (χ4n) is 3.73. The lowest BCUT2D eigenvalue weighted by Crippen LogP contribution is -2.25. The van der Waals surface area contributed by atoms with Gasteiger partial charge in [0.05, 0.1) is 12.1 Å². The van der Waals surface area contributed by atoms with Crippen molar-refractivity contribution in [1.29, 1.82) is 0 Å². The zero-order chi connectivity index (χ0) is 23.4. The molecular weight excluding hydrogens is 451 g/mol. The van der Waals surface area contributed by atoms with Crippen molar-refractivity contribution in [2.24, 2.45) is 4.99 Å². The maximum Gasteiger partial charge on any atom is 0.308 e. The van der Waals surface area contributed by atoms with Crippen LogP contribution in [0.3, 0.4) is 0 Å². The summed E-state index contributed by atoms with van der Waals surface area (Å²) in [5.74, 6) is 0.313. The van der Waals surface area contributed by atoms with Gasteiger partial charge in [0.1, 0.15) is 28.3 Å². The molecule has 3 heterocycles. The van der Waals surface area contributed by atoms with Gasteiger partial charge in [0.2, 0.25) is 0 Å². The van der Waals surface area contributed by atoms with Crippen LogP contribution in [0.15, 0.2) is 23.2 Å². The second kappa shape index (κ2) is 8.08. The quantitative estimate of drug-likeness (QED) is 0.458. The summed E-state index contributed by atoms with van der Waals surface area (Å²) in [6, 6.07) is 3.84. The maximum absolute atomic E-state index is 15.1. The predicted octanol–water partition coefficient (Wildman–Crippen LogP) is 5.67. The second-order valence-corrected chi connectivity index (χ2v) is 10.5. The van der Waals surface area contributed by atoms with E-state index in [1.54, 1.807) is 23.5 Å². The van der Waals surface area contributed by atoms with Crippen molar-refractivity contribution in [3.05, 3.63) is 62.3 Å². The summed E-state index contributed by atoms with van der Waals surface area (Å²) in [5.41, 5.74) is 1.96. The molecule has 4 rings (SSSR count). The Morgan fingerprint density at radius 3 is 2.62 bits per heavy atom. The van der Waals surface area contributed by atoms with E-state index >= 15 is 4.39 Å². The highest BCUT2D eigenvalue weighted by molar-refractivity contribution is 7.15. The van der Waals surface area contributed by atoms with Crippen LogP contribution in [-0.2, 0) is 9.53 Å². The highest BCUT2D eigenvalue weighted by Crippen LogP contribution is 2.40. The number of nitrogens with zero attached hydrogens (tertiary/aromatic N) is 4. The van der Waals surface area contributed by atoms with E-state index in [2.05, 4.69) is 10.2 Å². The molecular formula is C23H24ClFN4O2S. The molecule has 1 aromatic carbocycles. The lowest BCUT2D eigenvalue weighted by Gasteiger charge is -2.21. The Labute approximate surface area is 195 Å². The molecule has 0 spiro atoms. The Morgan fingerprint density at radius 2 is 1.97 bits per heavy atom. The van der Waals surface area contributed by atoms with Crippen LogP contribution in [0.4, 0.5) is 4.39 Å². The summed E-state index contributed by atoms with van der Waals surface area (Å²) in [4.78, 5) is 18.7. The fraction of sp³-hybridized carbons (Fsp3) is 0.391. The summed E-state index contributed by atoms with van der Waals surface area (Å²) in [7, 11) is 0. The van der Waals surface area contributed by atoms with Gasteiger partial charge in [0.15, 0.2) is 5.82 Å². The van der Waals surface area contributed by atoms with Crippen molar-refractivity contribution in [3.63, 3.8) is 0 Å². The van der Waals surface area contributed by atoms with E-state index in [0.29, 0.717) is 27.9 Å². The molecule has 0 saturated carbocycles. The molecule has 0 N–H and O–H groups in total. The molecule has 0 bridgehead atoms. The SMILES string of the molecule is Cc1sc2c(c1C)C(c1ccc(Cl)cc1F)=N[C@@H](CC(=O)OC(C)(C)C)c1nnc(C)n1-2. The lowest BCUT2D eigenvalue weighted by molar-refractivity contribution is -0.155. The van der Waals surface area contributed by atoms with E-state index in [1.807, 2.05) is 46.1 Å². The van der Waals surface area contributed by atoms with Crippen molar-refractivity contribution in [2.75, 3.05) is 0 Å². The first-order valence-corrected chi connectivity index (χ1v) is 11.4. The first kappa shape index (κ1) is 22.6. The van der Waals surface area contributed by atoms with Crippen LogP contribution in [0, 0.1) is 26.6 Å². The Balaban J connectivity index is 1.95. The number of fused-ring (bicyclic) bond motifs is 3. The van der Waals surface area contributed by atoms with Gasteiger partial charge in [0, 0.05) is 21.0 Å². The Bertz CT molecular complexity index is 1260. The first-order valence-electron chi connectivity index (χ1n) is 10.2. The Hall–Kier alpha value is -2.58. The van der Waals surface area contributed by atoms with Crippen LogP contribution in [-0.4, -0.2) is 32.0 Å². The van der Waals surface area contributed by atoms with Crippen LogP contribution >= 0.6 is 22.9 Å². The average Bonchev–Trinajstić information content (AvgIpc) is 3.13. The number of aliphatic imine (C=N–C) groups is 1. The third-order valence-corrected chi connectivity index (χ3v) is 6.63. The lowest BCUT2D eigenvalue weighted by atomic mass is 9.99. The molecule has 0 aliphatic carbocycles. The van der Waals surface area contributed by atoms with E-state index < -0.39 is 23.4 Å². The summed E-state index contributed by atoms with van der Waals surface area (Å²) in [5, 5.41) is 9.74. The average molecular weight is 475 g/mol. The van der Waals surface area contributed by atoms with Gasteiger partial charge >= 0.3 is 5.97 Å². The zero-order valence-corrected chi connectivity index (χ0v) is 20.4. The van der Waals surface area contributed by atoms with E-state index in [-0.39, 0.29) is 6.42 Å². The largest absolute Gasteiger partial charge is 0.460 e. The number of hydrogen-bond acceptors (Lipinski definition) is 6. The highest BCUT2D eigenvalue weighted by Gasteiger charge is 2.34. The van der Waals surface area contributed by atoms with E-state index in [9.17, 15) is 4.79 Å². The molecule has 0 unspecified atom stereocenters. The van der Waals surface area contributed by atoms with Gasteiger partial charge in [0.25, 0.3) is 0 Å². The Kier molecular flexibility index (Phi) is 5.71. The van der Waals surface area contributed by atoms with Gasteiger partial charge in [-0.1, -0.05) is 11.6 Å². The summed E-state index contributed by atoms with van der Waals surface area (Å²) >= 11 is 7.57. The van der Waals surface area contributed by atoms with Crippen LogP contribution in [0.2, 0.25) is 5.02 Å². The number of aromatic nitrogens is 3. The fourth-order valence-corrected chi connectivity index (χ4v) is 5.11. The molecule has 1 aliphatic rings. The molecule has 2 aromatic heterocycles. The summed E-state index contributed by atoms with van der Waals surface area (Å²) in [6.07, 6.45) is -0.0406. The highest BCUT2D eigenvalue weighted by atomic mass is 35.5. The van der Waals surface area contributed by atoms with Crippen molar-refractivity contribution >= 4 is 34.6 Å². The molecule has 6 nitrogen and oxygen atoms in total. The molecule has 0 radical (unpaired) electrons. The standard InChI is InChI=1S/C23H24ClFN4O2S/c1-11-12(2)32-22-19(11)20(15-8-7-14(24)9-16(15)25)26-17(10-18(30)31-23(4,5)6)21-28-27-13(3)29(21)22/h7-9,17H,10H2,1-6H3/t17-/m0/s1. The molecule has 0 amide bonds. The van der Waals surface area contributed by atoms with Crippen molar-refractivity contribution in [2.45, 2.75) is 59.6 Å². The number of rotatable bonds is 3. The van der Waals surface area contributed by atoms with Crippen LogP contribution in [0.5, 0.6) is 0 Å². The number of benzene rings is 1. The number of hydrogen-bond donors (Lipinski definition) is 0. The van der Waals surface area contributed by atoms with Gasteiger partial charge < -0.3 is 4.74 Å². The number of esters is 1. The number of thiophene rings is 1. The third-order valence-electron chi connectivity index (χ3n) is 5.21. The number of carbonyl (C=O) groups is 1. The molecule has 0 fully saturated rings. The van der Waals surface area contributed by atoms with Gasteiger partial charge in [-0.15, -0.1) is 21.5 Å². The molecule has 1 aliphatic heterocycles. The summed E-state index contributed by atoms with van der Waals surface area (Å²) in [6.45, 7) is 11.3. The maximum atomic E-state index is 15.1. The van der Waals surface area contributed by atoms with Gasteiger partial charge in [-0.2, -0.15) is 0 Å². The molecule has 1 atom stereocenters. The molecule has 0 saturated heterocycles. The number of ether oxygens (including phenoxy) is 1. The van der Waals surface area contributed by atoms with Crippen LogP contribution in [0.25, 0.3) is 5.00 Å². The van der Waals surface area contributed by atoms with Crippen molar-refractivity contribution in [1.82, 2.24) is 14.8 Å². The number of carbonyl (C=O) groups excluding carboxylic acids is 1. The minimum Gasteiger partial charge on any atom is -0.460 e. The Morgan fingerprint density at radius 1 is 1.25 bits per heavy atom. The smallest absolute Gasteiger partial charge is 0.308 e. The second-order valence-electron chi connectivity index (χ2n) is 8.81. The van der Waals surface area contributed by atoms with E-state index in [0.717, 1.165) is 21.0 Å². The predicted molar refractivity (Wildman–Crippen MR) is 124 cm³/mol. The molecule has 168 valence electrons. The van der Waals surface area contributed by atoms with Gasteiger partial charge in [-0.05, 0) is 65.3 Å². The molecule has 32 heavy (non-hydrogen) atoms. The van der Waals surface area contributed by atoms with Crippen molar-refractivity contribution < 1.29 is 13.9 Å². The zero-order valence-electron chi connectivity index (χ0n) is 18.8. The molecule has 3 aromatic rings. The number of aryl methyl sites for hydroxylation is 2. The van der Waals surface area contributed by atoms with E-state index in [4.69, 9.17) is 21.3 Å². The van der Waals surface area contributed by atoms with Gasteiger partial charge in [-0.3, -0.25) is 14.4 Å². The molecule has 9 heteroatoms. The van der Waals surface area contributed by atoms with Crippen LogP contribution in [0.1, 0.15) is 66.5 Å². The monoisotopic (exact) mass is 474 g/mol. The van der Waals surface area contributed by atoms with E-state index in [1.165, 1.54) is 6.07 Å². The first-order chi connectivity index (χ1) is 15.0. The minimum atomic E-state index is -0.685. The van der Waals surface area contributed by atoms with Gasteiger partial charge in [-0.25, -0.2) is 4.39 Å². The van der Waals surface area contributed by atoms with Crippen molar-refractivity contribution in [3.8, 4) is 5.00 Å².